The van der Waals surface area contributed by atoms with Crippen LogP contribution in [0.1, 0.15) is 16.7 Å². The van der Waals surface area contributed by atoms with Crippen molar-refractivity contribution in [1.82, 2.24) is 4.98 Å². The van der Waals surface area contributed by atoms with Gasteiger partial charge in [0.25, 0.3) is 0 Å². The van der Waals surface area contributed by atoms with Crippen LogP contribution in [0.3, 0.4) is 0 Å². The van der Waals surface area contributed by atoms with E-state index >= 15 is 0 Å². The lowest BCUT2D eigenvalue weighted by Crippen LogP contribution is -2.06. The average molecular weight is 428 g/mol. The van der Waals surface area contributed by atoms with E-state index in [0.717, 1.165) is 22.1 Å². The number of fused-ring (bicyclic) bond motifs is 1. The first-order valence-electron chi connectivity index (χ1n) is 10.1. The maximum Gasteiger partial charge on any atom is 0.211 e. The second kappa shape index (κ2) is 9.39. The van der Waals surface area contributed by atoms with Crippen LogP contribution in [0.25, 0.3) is 10.9 Å². The molecule has 5 nitrogen and oxygen atoms in total. The largest absolute Gasteiger partial charge is 0.457 e. The van der Waals surface area contributed by atoms with Crippen LogP contribution >= 0.6 is 0 Å². The summed E-state index contributed by atoms with van der Waals surface area (Å²) in [6, 6.07) is 18.9. The van der Waals surface area contributed by atoms with E-state index in [1.807, 2.05) is 43.3 Å². The summed E-state index contributed by atoms with van der Waals surface area (Å²) in [6.07, 6.45) is 2.85. The van der Waals surface area contributed by atoms with Crippen LogP contribution in [0.15, 0.2) is 72.9 Å². The summed E-state index contributed by atoms with van der Waals surface area (Å²) in [5.74, 6) is 1.03. The number of anilines is 1. The predicted octanol–water partition coefficient (Wildman–Crippen LogP) is 5.40. The summed E-state index contributed by atoms with van der Waals surface area (Å²) in [6.45, 7) is 1.90. The lowest BCUT2D eigenvalue weighted by atomic mass is 10.0. The van der Waals surface area contributed by atoms with E-state index in [1.54, 1.807) is 24.4 Å². The third-order valence-electron chi connectivity index (χ3n) is 5.13. The number of carbonyl (C=O) groups is 2. The van der Waals surface area contributed by atoms with Gasteiger partial charge in [0.15, 0.2) is 0 Å². The molecular weight excluding hydrogens is 407 g/mol. The number of nitrogens with zero attached hydrogens (tertiary/aromatic N) is 1. The Balaban J connectivity index is 1.46. The Hall–Kier alpha value is -4.06. The molecule has 32 heavy (non-hydrogen) atoms. The predicted molar refractivity (Wildman–Crippen MR) is 121 cm³/mol. The number of rotatable bonds is 8. The fraction of sp³-hybridized carbons (Fsp3) is 0.115. The topological polar surface area (TPSA) is 68.3 Å². The molecule has 0 radical (unpaired) electrons. The quantitative estimate of drug-likeness (QED) is 0.382. The highest BCUT2D eigenvalue weighted by atomic mass is 19.1. The van der Waals surface area contributed by atoms with Crippen LogP contribution in [-0.2, 0) is 22.4 Å². The number of Topliss-reactive ketones (excluding diaryl/α,β-unsaturated/α-hetero) is 1. The minimum atomic E-state index is -0.313. The number of ether oxygens (including phenoxy) is 1. The van der Waals surface area contributed by atoms with E-state index in [2.05, 4.69) is 10.3 Å². The lowest BCUT2D eigenvalue weighted by Gasteiger charge is -2.12. The third-order valence-corrected chi connectivity index (χ3v) is 5.13. The maximum atomic E-state index is 13.0. The molecule has 4 rings (SSSR count). The minimum Gasteiger partial charge on any atom is -0.457 e. The highest BCUT2D eigenvalue weighted by Crippen LogP contribution is 2.32. The molecule has 0 saturated carbocycles. The average Bonchev–Trinajstić information content (AvgIpc) is 2.78. The molecule has 0 aliphatic rings. The molecule has 4 aromatic rings. The standard InChI is InChI=1S/C26H21FN2O3/c1-17-12-23-25(15-24(17)29-16-30)28-11-10-26(23)32-22-8-4-19(5-9-22)14-21(31)13-18-2-6-20(27)7-3-18/h2-12,15-16H,13-14H2,1H3,(H,29,30). The SMILES string of the molecule is Cc1cc2c(Oc3ccc(CC(=O)Cc4ccc(F)cc4)cc3)ccnc2cc1NC=O. The second-order valence-corrected chi connectivity index (χ2v) is 7.52. The van der Waals surface area contributed by atoms with Crippen molar-refractivity contribution in [3.8, 4) is 11.5 Å². The molecule has 0 bridgehead atoms. The molecule has 1 aromatic heterocycles. The highest BCUT2D eigenvalue weighted by Gasteiger charge is 2.10. The van der Waals surface area contributed by atoms with E-state index in [-0.39, 0.29) is 18.0 Å². The number of aromatic nitrogens is 1. The number of benzene rings is 3. The molecule has 3 aromatic carbocycles. The number of halogens is 1. The first-order chi connectivity index (χ1) is 15.5. The smallest absolute Gasteiger partial charge is 0.211 e. The van der Waals surface area contributed by atoms with Crippen LogP contribution in [0, 0.1) is 12.7 Å². The number of aryl methyl sites for hydroxylation is 1. The van der Waals surface area contributed by atoms with Crippen LogP contribution in [-0.4, -0.2) is 17.2 Å². The zero-order valence-corrected chi connectivity index (χ0v) is 17.5. The third kappa shape index (κ3) is 4.98. The van der Waals surface area contributed by atoms with Gasteiger partial charge in [-0.15, -0.1) is 0 Å². The van der Waals surface area contributed by atoms with Crippen LogP contribution in [0.2, 0.25) is 0 Å². The molecule has 1 amide bonds. The van der Waals surface area contributed by atoms with Crippen molar-refractivity contribution in [1.29, 1.82) is 0 Å². The zero-order valence-electron chi connectivity index (χ0n) is 17.5. The summed E-state index contributed by atoms with van der Waals surface area (Å²) in [4.78, 5) is 27.5. The van der Waals surface area contributed by atoms with Crippen LogP contribution < -0.4 is 10.1 Å². The normalized spacial score (nSPS) is 10.7. The van der Waals surface area contributed by atoms with Crippen molar-refractivity contribution in [2.75, 3.05) is 5.32 Å². The summed E-state index contributed by atoms with van der Waals surface area (Å²) in [5, 5.41) is 3.50. The number of hydrogen-bond donors (Lipinski definition) is 1. The Morgan fingerprint density at radius 3 is 2.31 bits per heavy atom. The number of nitrogens with one attached hydrogen (secondary N) is 1. The molecule has 0 unspecified atom stereocenters. The number of amides is 1. The van der Waals surface area contributed by atoms with Gasteiger partial charge in [-0.1, -0.05) is 24.3 Å². The van der Waals surface area contributed by atoms with E-state index < -0.39 is 0 Å². The van der Waals surface area contributed by atoms with Gasteiger partial charge in [0.05, 0.1) is 5.52 Å². The van der Waals surface area contributed by atoms with Gasteiger partial charge >= 0.3 is 0 Å². The highest BCUT2D eigenvalue weighted by molar-refractivity contribution is 5.91. The number of hydrogen-bond acceptors (Lipinski definition) is 4. The summed E-state index contributed by atoms with van der Waals surface area (Å²) in [5.41, 5.74) is 3.98. The molecule has 0 spiro atoms. The Kier molecular flexibility index (Phi) is 6.22. The van der Waals surface area contributed by atoms with Gasteiger partial charge < -0.3 is 10.1 Å². The Morgan fingerprint density at radius 1 is 1.00 bits per heavy atom. The minimum absolute atomic E-state index is 0.0561. The van der Waals surface area contributed by atoms with E-state index in [0.29, 0.717) is 35.5 Å². The van der Waals surface area contributed by atoms with Gasteiger partial charge in [0, 0.05) is 30.1 Å². The van der Waals surface area contributed by atoms with E-state index in [4.69, 9.17) is 4.74 Å². The molecular formula is C26H21FN2O3. The van der Waals surface area contributed by atoms with Gasteiger partial charge in [0.1, 0.15) is 23.1 Å². The monoisotopic (exact) mass is 428 g/mol. The van der Waals surface area contributed by atoms with Gasteiger partial charge in [-0.25, -0.2) is 4.39 Å². The van der Waals surface area contributed by atoms with Crippen LogP contribution in [0.5, 0.6) is 11.5 Å². The summed E-state index contributed by atoms with van der Waals surface area (Å²) >= 11 is 0. The molecule has 0 saturated heterocycles. The van der Waals surface area contributed by atoms with Crippen molar-refractivity contribution in [2.45, 2.75) is 19.8 Å². The summed E-state index contributed by atoms with van der Waals surface area (Å²) in [7, 11) is 0. The molecule has 6 heteroatoms. The molecule has 0 atom stereocenters. The molecule has 1 N–H and O–H groups in total. The molecule has 1 heterocycles. The van der Waals surface area contributed by atoms with Crippen molar-refractivity contribution in [2.24, 2.45) is 0 Å². The van der Waals surface area contributed by atoms with E-state index in [1.165, 1.54) is 12.1 Å². The maximum absolute atomic E-state index is 13.0. The van der Waals surface area contributed by atoms with Gasteiger partial charge in [-0.2, -0.15) is 0 Å². The fourth-order valence-electron chi connectivity index (χ4n) is 3.51. The number of ketones is 1. The first kappa shape index (κ1) is 21.2. The van der Waals surface area contributed by atoms with Gasteiger partial charge in [0.2, 0.25) is 6.41 Å². The van der Waals surface area contributed by atoms with Gasteiger partial charge in [-0.05, 0) is 66.1 Å². The summed E-state index contributed by atoms with van der Waals surface area (Å²) < 4.78 is 19.1. The van der Waals surface area contributed by atoms with Crippen molar-refractivity contribution in [3.63, 3.8) is 0 Å². The molecule has 0 aliphatic carbocycles. The van der Waals surface area contributed by atoms with E-state index in [9.17, 15) is 14.0 Å². The zero-order chi connectivity index (χ0) is 22.5. The number of pyridine rings is 1. The van der Waals surface area contributed by atoms with Crippen molar-refractivity contribution >= 4 is 28.8 Å². The Morgan fingerprint density at radius 2 is 1.66 bits per heavy atom. The van der Waals surface area contributed by atoms with Gasteiger partial charge in [-0.3, -0.25) is 14.6 Å². The molecule has 160 valence electrons. The number of carbonyl (C=O) groups excluding carboxylic acids is 2. The fourth-order valence-corrected chi connectivity index (χ4v) is 3.51. The first-order valence-corrected chi connectivity index (χ1v) is 10.1. The van der Waals surface area contributed by atoms with Crippen LogP contribution in [0.4, 0.5) is 10.1 Å². The lowest BCUT2D eigenvalue weighted by molar-refractivity contribution is -0.117. The Bertz CT molecular complexity index is 1270. The Labute approximate surface area is 184 Å². The second-order valence-electron chi connectivity index (χ2n) is 7.52. The molecule has 0 aliphatic heterocycles. The van der Waals surface area contributed by atoms with Crippen molar-refractivity contribution < 1.29 is 18.7 Å². The van der Waals surface area contributed by atoms with Crippen molar-refractivity contribution in [3.05, 3.63) is 95.4 Å². The molecule has 0 fully saturated rings.